The van der Waals surface area contributed by atoms with E-state index in [1.165, 1.54) is 0 Å². The molecule has 3 aliphatic rings. The monoisotopic (exact) mass is 537 g/mol. The number of rotatable bonds is 3. The second kappa shape index (κ2) is 9.77. The molecular formula is C21H40IN5O3. The third-order valence-electron chi connectivity index (χ3n) is 5.81. The number of guanidine groups is 1. The number of hydrogen-bond acceptors (Lipinski definition) is 7. The lowest BCUT2D eigenvalue weighted by Gasteiger charge is -2.45. The Labute approximate surface area is 198 Å². The maximum atomic E-state index is 12.4. The maximum absolute atomic E-state index is 12.4. The van der Waals surface area contributed by atoms with Crippen LogP contribution in [0.3, 0.4) is 0 Å². The van der Waals surface area contributed by atoms with Gasteiger partial charge in [-0.1, -0.05) is 0 Å². The highest BCUT2D eigenvalue weighted by molar-refractivity contribution is 14.0. The summed E-state index contributed by atoms with van der Waals surface area (Å²) in [6, 6.07) is 0.227. The number of carbonyl (C=O) groups excluding carboxylic acids is 1. The molecule has 174 valence electrons. The first-order chi connectivity index (χ1) is 13.4. The number of morpholine rings is 1. The fourth-order valence-electron chi connectivity index (χ4n) is 4.30. The van der Waals surface area contributed by atoms with Gasteiger partial charge in [-0.3, -0.25) is 9.89 Å². The van der Waals surface area contributed by atoms with Crippen molar-refractivity contribution in [2.24, 2.45) is 4.99 Å². The van der Waals surface area contributed by atoms with Crippen LogP contribution in [0.5, 0.6) is 0 Å². The summed E-state index contributed by atoms with van der Waals surface area (Å²) in [6.07, 6.45) is 0.287. The molecule has 0 aliphatic carbocycles. The Kier molecular flexibility index (Phi) is 8.29. The van der Waals surface area contributed by atoms with Gasteiger partial charge in [-0.05, 0) is 48.5 Å². The van der Waals surface area contributed by atoms with Crippen LogP contribution < -0.4 is 5.32 Å². The summed E-state index contributed by atoms with van der Waals surface area (Å²) in [6.45, 7) is 20.1. The first kappa shape index (κ1) is 25.5. The maximum Gasteiger partial charge on any atom is 0.410 e. The zero-order valence-electron chi connectivity index (χ0n) is 19.6. The minimum absolute atomic E-state index is 0. The van der Waals surface area contributed by atoms with Gasteiger partial charge in [0, 0.05) is 44.8 Å². The van der Waals surface area contributed by atoms with Crippen molar-refractivity contribution in [2.45, 2.75) is 77.9 Å². The summed E-state index contributed by atoms with van der Waals surface area (Å²) >= 11 is 0. The highest BCUT2D eigenvalue weighted by Crippen LogP contribution is 2.22. The molecule has 0 bridgehead atoms. The Hall–Kier alpha value is -0.810. The van der Waals surface area contributed by atoms with Crippen LogP contribution in [0.15, 0.2) is 4.99 Å². The van der Waals surface area contributed by atoms with E-state index in [1.54, 1.807) is 0 Å². The van der Waals surface area contributed by atoms with Crippen molar-refractivity contribution in [1.82, 2.24) is 20.0 Å². The van der Waals surface area contributed by atoms with E-state index >= 15 is 0 Å². The van der Waals surface area contributed by atoms with Gasteiger partial charge < -0.3 is 24.6 Å². The smallest absolute Gasteiger partial charge is 0.410 e. The average molecular weight is 537 g/mol. The third-order valence-corrected chi connectivity index (χ3v) is 5.81. The molecule has 1 amide bonds. The number of nitrogens with zero attached hydrogens (tertiary/aromatic N) is 4. The number of amides is 1. The molecule has 0 aromatic rings. The van der Waals surface area contributed by atoms with Crippen molar-refractivity contribution in [2.75, 3.05) is 45.8 Å². The van der Waals surface area contributed by atoms with Crippen LogP contribution in [0.25, 0.3) is 0 Å². The van der Waals surface area contributed by atoms with Gasteiger partial charge >= 0.3 is 6.09 Å². The number of halogens is 1. The lowest BCUT2D eigenvalue weighted by atomic mass is 10.00. The van der Waals surface area contributed by atoms with E-state index in [-0.39, 0.29) is 53.9 Å². The second-order valence-corrected chi connectivity index (χ2v) is 10.3. The van der Waals surface area contributed by atoms with E-state index in [0.29, 0.717) is 19.6 Å². The molecule has 3 rings (SSSR count). The van der Waals surface area contributed by atoms with Gasteiger partial charge in [0.25, 0.3) is 0 Å². The molecule has 3 aliphatic heterocycles. The second-order valence-electron chi connectivity index (χ2n) is 10.3. The van der Waals surface area contributed by atoms with Gasteiger partial charge in [0.15, 0.2) is 5.96 Å². The lowest BCUT2D eigenvalue weighted by molar-refractivity contribution is -0.0947. The molecule has 0 saturated carbocycles. The number of nitrogens with one attached hydrogen (secondary N) is 1. The van der Waals surface area contributed by atoms with Crippen LogP contribution in [-0.2, 0) is 9.47 Å². The number of aliphatic imine (C=N–C) groups is 1. The van der Waals surface area contributed by atoms with Crippen LogP contribution in [0, 0.1) is 0 Å². The standard InChI is InChI=1S/C21H39N5O3.HI/c1-15-11-25(12-16(2)28-15)21(6,7)14-23-18-22-10-17-13-24(8-9-26(17)18)19(27)29-20(3,4)5;/h15-17H,8-14H2,1-7H3,(H,22,23);1H. The topological polar surface area (TPSA) is 69.6 Å². The van der Waals surface area contributed by atoms with E-state index in [0.717, 1.165) is 32.1 Å². The molecule has 8 nitrogen and oxygen atoms in total. The molecule has 0 aromatic carbocycles. The Morgan fingerprint density at radius 3 is 2.37 bits per heavy atom. The van der Waals surface area contributed by atoms with Gasteiger partial charge in [0.2, 0.25) is 0 Å². The Morgan fingerprint density at radius 2 is 1.77 bits per heavy atom. The Bertz CT molecular complexity index is 627. The quantitative estimate of drug-likeness (QED) is 0.558. The van der Waals surface area contributed by atoms with E-state index < -0.39 is 5.60 Å². The van der Waals surface area contributed by atoms with Crippen molar-refractivity contribution < 1.29 is 14.3 Å². The zero-order valence-corrected chi connectivity index (χ0v) is 21.9. The molecule has 2 fully saturated rings. The van der Waals surface area contributed by atoms with Crippen molar-refractivity contribution in [3.05, 3.63) is 0 Å². The van der Waals surface area contributed by atoms with Crippen molar-refractivity contribution >= 4 is 36.0 Å². The molecule has 0 aromatic heterocycles. The van der Waals surface area contributed by atoms with Crippen molar-refractivity contribution in [1.29, 1.82) is 0 Å². The van der Waals surface area contributed by atoms with E-state index in [1.807, 2.05) is 25.7 Å². The molecule has 3 heterocycles. The van der Waals surface area contributed by atoms with Gasteiger partial charge in [-0.15, -0.1) is 24.0 Å². The average Bonchev–Trinajstić information content (AvgIpc) is 3.00. The first-order valence-electron chi connectivity index (χ1n) is 10.9. The third kappa shape index (κ3) is 6.35. The highest BCUT2D eigenvalue weighted by Gasteiger charge is 2.38. The van der Waals surface area contributed by atoms with Gasteiger partial charge in [0.1, 0.15) is 5.60 Å². The number of piperazine rings is 1. The van der Waals surface area contributed by atoms with Crippen molar-refractivity contribution in [3.8, 4) is 0 Å². The molecule has 3 atom stereocenters. The van der Waals surface area contributed by atoms with E-state index in [4.69, 9.17) is 14.5 Å². The lowest BCUT2D eigenvalue weighted by Crippen LogP contribution is -2.61. The fourth-order valence-corrected chi connectivity index (χ4v) is 4.30. The van der Waals surface area contributed by atoms with E-state index in [9.17, 15) is 4.79 Å². The molecule has 9 heteroatoms. The minimum atomic E-state index is -0.465. The van der Waals surface area contributed by atoms with Crippen LogP contribution in [0.1, 0.15) is 48.5 Å². The Morgan fingerprint density at radius 1 is 1.13 bits per heavy atom. The largest absolute Gasteiger partial charge is 0.444 e. The first-order valence-corrected chi connectivity index (χ1v) is 10.9. The van der Waals surface area contributed by atoms with Gasteiger partial charge in [-0.25, -0.2) is 4.79 Å². The van der Waals surface area contributed by atoms with E-state index in [2.05, 4.69) is 42.8 Å². The minimum Gasteiger partial charge on any atom is -0.444 e. The zero-order chi connectivity index (χ0) is 21.4. The number of hydrogen-bond donors (Lipinski definition) is 1. The number of ether oxygens (including phenoxy) is 2. The predicted octanol–water partition coefficient (Wildman–Crippen LogP) is 2.37. The van der Waals surface area contributed by atoms with Gasteiger partial charge in [-0.2, -0.15) is 0 Å². The summed E-state index contributed by atoms with van der Waals surface area (Å²) in [7, 11) is 0. The molecule has 0 spiro atoms. The predicted molar refractivity (Wildman–Crippen MR) is 130 cm³/mol. The molecule has 2 saturated heterocycles. The van der Waals surface area contributed by atoms with Crippen LogP contribution in [0.4, 0.5) is 4.79 Å². The summed E-state index contributed by atoms with van der Waals surface area (Å²) in [4.78, 5) is 23.7. The summed E-state index contributed by atoms with van der Waals surface area (Å²) in [5, 5.41) is 3.59. The molecule has 1 N–H and O–H groups in total. The van der Waals surface area contributed by atoms with Crippen LogP contribution >= 0.6 is 24.0 Å². The Balaban J connectivity index is 0.00000320. The number of carbonyl (C=O) groups is 1. The molecule has 0 radical (unpaired) electrons. The molecule has 3 unspecified atom stereocenters. The van der Waals surface area contributed by atoms with Crippen LogP contribution in [0.2, 0.25) is 0 Å². The number of fused-ring (bicyclic) bond motifs is 1. The van der Waals surface area contributed by atoms with Crippen LogP contribution in [-0.4, -0.2) is 102 Å². The highest BCUT2D eigenvalue weighted by atomic mass is 127. The molecule has 30 heavy (non-hydrogen) atoms. The normalized spacial score (nSPS) is 27.8. The van der Waals surface area contributed by atoms with Gasteiger partial charge in [0.05, 0.1) is 24.8 Å². The van der Waals surface area contributed by atoms with Crippen molar-refractivity contribution in [3.63, 3.8) is 0 Å². The summed E-state index contributed by atoms with van der Waals surface area (Å²) < 4.78 is 11.4. The summed E-state index contributed by atoms with van der Waals surface area (Å²) in [5.41, 5.74) is -0.460. The molecular weight excluding hydrogens is 497 g/mol. The summed E-state index contributed by atoms with van der Waals surface area (Å²) in [5.74, 6) is 0.960. The SMILES string of the molecule is CC1CN(C(C)(C)CNC2=NCC3CN(C(=O)OC(C)(C)C)CCN23)CC(C)O1.I. The fraction of sp³-hybridized carbons (Fsp3) is 0.905.